The van der Waals surface area contributed by atoms with Crippen LogP contribution >= 0.6 is 0 Å². The predicted octanol–water partition coefficient (Wildman–Crippen LogP) is 4.45. The maximum Gasteiger partial charge on any atom is 0.173 e. The Hall–Kier alpha value is -3.23. The third-order valence-electron chi connectivity index (χ3n) is 7.80. The van der Waals surface area contributed by atoms with Gasteiger partial charge in [-0.15, -0.1) is 5.10 Å². The first-order valence-corrected chi connectivity index (χ1v) is 13.1. The van der Waals surface area contributed by atoms with Gasteiger partial charge in [0.15, 0.2) is 5.82 Å². The van der Waals surface area contributed by atoms with Crippen molar-refractivity contribution in [1.82, 2.24) is 35.0 Å². The Balaban J connectivity index is 1.31. The van der Waals surface area contributed by atoms with Crippen molar-refractivity contribution in [3.8, 4) is 0 Å². The van der Waals surface area contributed by atoms with Gasteiger partial charge in [0.1, 0.15) is 5.82 Å². The van der Waals surface area contributed by atoms with Crippen LogP contribution in [0.2, 0.25) is 0 Å². The largest absolute Gasteiger partial charge is 0.298 e. The lowest BCUT2D eigenvalue weighted by Gasteiger charge is -2.43. The fourth-order valence-corrected chi connectivity index (χ4v) is 5.88. The Bertz CT molecular complexity index is 1290. The maximum atomic E-state index is 13.5. The van der Waals surface area contributed by atoms with Crippen molar-refractivity contribution < 1.29 is 4.39 Å². The Morgan fingerprint density at radius 3 is 2.53 bits per heavy atom. The summed E-state index contributed by atoms with van der Waals surface area (Å²) in [6.07, 6.45) is 8.58. The quantitative estimate of drug-likeness (QED) is 0.402. The van der Waals surface area contributed by atoms with Gasteiger partial charge in [0.25, 0.3) is 0 Å². The summed E-state index contributed by atoms with van der Waals surface area (Å²) in [6, 6.07) is 17.8. The summed E-state index contributed by atoms with van der Waals surface area (Å²) in [5.74, 6) is 0.572. The molecule has 2 fully saturated rings. The minimum absolute atomic E-state index is 0.0708. The van der Waals surface area contributed by atoms with Gasteiger partial charge in [0.05, 0.1) is 18.1 Å². The lowest BCUT2D eigenvalue weighted by Crippen LogP contribution is -2.52. The summed E-state index contributed by atoms with van der Waals surface area (Å²) in [7, 11) is 0. The van der Waals surface area contributed by atoms with E-state index in [1.807, 2.05) is 16.9 Å². The van der Waals surface area contributed by atoms with Crippen LogP contribution in [0.1, 0.15) is 55.1 Å². The number of benzene rings is 2. The van der Waals surface area contributed by atoms with Crippen LogP contribution in [-0.4, -0.2) is 67.2 Å². The summed E-state index contributed by atoms with van der Waals surface area (Å²) in [5.41, 5.74) is 3.11. The van der Waals surface area contributed by atoms with Crippen molar-refractivity contribution in [2.24, 2.45) is 0 Å². The molecule has 0 unspecified atom stereocenters. The van der Waals surface area contributed by atoms with E-state index in [0.29, 0.717) is 6.54 Å². The highest BCUT2D eigenvalue weighted by atomic mass is 19.1. The molecule has 1 aliphatic carbocycles. The number of nitrogens with zero attached hydrogens (tertiary/aromatic N) is 7. The smallest absolute Gasteiger partial charge is 0.173 e. The number of piperazine rings is 1. The lowest BCUT2D eigenvalue weighted by atomic mass is 9.93. The van der Waals surface area contributed by atoms with E-state index >= 15 is 0 Å². The molecule has 6 rings (SSSR count). The molecule has 2 aromatic carbocycles. The number of pyridine rings is 1. The second-order valence-corrected chi connectivity index (χ2v) is 10.0. The first kappa shape index (κ1) is 23.2. The van der Waals surface area contributed by atoms with E-state index < -0.39 is 0 Å². The molecule has 0 amide bonds. The van der Waals surface area contributed by atoms with Crippen LogP contribution in [0.5, 0.6) is 0 Å². The number of tetrazole rings is 1. The van der Waals surface area contributed by atoms with Crippen molar-refractivity contribution in [3.05, 3.63) is 83.6 Å². The third-order valence-corrected chi connectivity index (χ3v) is 7.80. The van der Waals surface area contributed by atoms with E-state index in [-0.39, 0.29) is 11.9 Å². The Morgan fingerprint density at radius 2 is 1.72 bits per heavy atom. The van der Waals surface area contributed by atoms with E-state index in [4.69, 9.17) is 0 Å². The summed E-state index contributed by atoms with van der Waals surface area (Å²) >= 11 is 0. The zero-order valence-electron chi connectivity index (χ0n) is 20.5. The average Bonchev–Trinajstić information content (AvgIpc) is 3.38. The van der Waals surface area contributed by atoms with Gasteiger partial charge >= 0.3 is 0 Å². The monoisotopic (exact) mass is 485 g/mol. The molecule has 7 nitrogen and oxygen atoms in total. The number of rotatable bonds is 6. The van der Waals surface area contributed by atoms with Crippen molar-refractivity contribution in [3.63, 3.8) is 0 Å². The van der Waals surface area contributed by atoms with Gasteiger partial charge in [-0.1, -0.05) is 43.5 Å². The van der Waals surface area contributed by atoms with E-state index in [1.165, 1.54) is 44.2 Å². The van der Waals surface area contributed by atoms with Crippen molar-refractivity contribution in [1.29, 1.82) is 0 Å². The number of hydrogen-bond acceptors (Lipinski definition) is 6. The van der Waals surface area contributed by atoms with Gasteiger partial charge in [0, 0.05) is 43.8 Å². The molecule has 1 aliphatic heterocycles. The molecule has 1 saturated carbocycles. The molecule has 36 heavy (non-hydrogen) atoms. The molecular weight excluding hydrogens is 453 g/mol. The SMILES string of the molecule is Fc1ccc(Cn2nnnc2[C@@H](c2ccc3ncccc3c2)N2CCN(C3CCCCC3)CC2)cc1. The molecule has 0 bridgehead atoms. The normalized spacial score (nSPS) is 19.0. The van der Waals surface area contributed by atoms with Crippen LogP contribution in [0.25, 0.3) is 10.9 Å². The molecule has 3 heterocycles. The van der Waals surface area contributed by atoms with Gasteiger partial charge in [0.2, 0.25) is 0 Å². The molecule has 8 heteroatoms. The molecule has 0 spiro atoms. The van der Waals surface area contributed by atoms with Gasteiger partial charge in [-0.05, 0) is 64.7 Å². The van der Waals surface area contributed by atoms with Gasteiger partial charge in [-0.3, -0.25) is 14.8 Å². The number of fused-ring (bicyclic) bond motifs is 1. The average molecular weight is 486 g/mol. The molecular formula is C28H32FN7. The van der Waals surface area contributed by atoms with Crippen LogP contribution in [0.3, 0.4) is 0 Å². The van der Waals surface area contributed by atoms with Crippen LogP contribution in [0, 0.1) is 5.82 Å². The van der Waals surface area contributed by atoms with Crippen molar-refractivity contribution in [2.75, 3.05) is 26.2 Å². The van der Waals surface area contributed by atoms with Crippen LogP contribution in [0.15, 0.2) is 60.8 Å². The number of hydrogen-bond donors (Lipinski definition) is 0. The van der Waals surface area contributed by atoms with Gasteiger partial charge < -0.3 is 0 Å². The zero-order chi connectivity index (χ0) is 24.3. The fourth-order valence-electron chi connectivity index (χ4n) is 5.88. The summed E-state index contributed by atoms with van der Waals surface area (Å²) in [4.78, 5) is 9.71. The standard InChI is InChI=1S/C28H32FN7/c29-24-11-8-21(9-12-24)20-36-28(31-32-33-36)27(23-10-13-26-22(19-23)5-4-14-30-26)35-17-15-34(16-18-35)25-6-2-1-3-7-25/h4-5,8-14,19,25,27H,1-3,6-7,15-18,20H2/t27-/m1/s1. The minimum Gasteiger partial charge on any atom is -0.298 e. The lowest BCUT2D eigenvalue weighted by molar-refractivity contribution is 0.0621. The summed E-state index contributed by atoms with van der Waals surface area (Å²) in [6.45, 7) is 4.56. The van der Waals surface area contributed by atoms with E-state index in [1.54, 1.807) is 12.1 Å². The second kappa shape index (κ2) is 10.4. The Labute approximate surface area is 210 Å². The van der Waals surface area contributed by atoms with Gasteiger partial charge in [-0.2, -0.15) is 0 Å². The highest BCUT2D eigenvalue weighted by molar-refractivity contribution is 5.79. The Kier molecular flexibility index (Phi) is 6.70. The molecule has 2 aliphatic rings. The van der Waals surface area contributed by atoms with Crippen molar-refractivity contribution in [2.45, 2.75) is 50.7 Å². The van der Waals surface area contributed by atoms with E-state index in [2.05, 4.69) is 54.6 Å². The van der Waals surface area contributed by atoms with Crippen molar-refractivity contribution >= 4 is 10.9 Å². The van der Waals surface area contributed by atoms with Gasteiger partial charge in [-0.25, -0.2) is 9.07 Å². The Morgan fingerprint density at radius 1 is 0.917 bits per heavy atom. The molecule has 0 N–H and O–H groups in total. The molecule has 0 radical (unpaired) electrons. The van der Waals surface area contributed by atoms with Crippen LogP contribution < -0.4 is 0 Å². The van der Waals surface area contributed by atoms with Crippen LogP contribution in [0.4, 0.5) is 4.39 Å². The molecule has 186 valence electrons. The highest BCUT2D eigenvalue weighted by Gasteiger charge is 2.33. The fraction of sp³-hybridized carbons (Fsp3) is 0.429. The molecule has 1 atom stereocenters. The van der Waals surface area contributed by atoms with Crippen LogP contribution in [-0.2, 0) is 6.54 Å². The first-order valence-electron chi connectivity index (χ1n) is 13.1. The molecule has 1 saturated heterocycles. The minimum atomic E-state index is -0.242. The molecule has 2 aromatic heterocycles. The highest BCUT2D eigenvalue weighted by Crippen LogP contribution is 2.32. The first-order chi connectivity index (χ1) is 17.7. The number of halogens is 1. The van der Waals surface area contributed by atoms with E-state index in [0.717, 1.165) is 60.1 Å². The number of aromatic nitrogens is 5. The zero-order valence-corrected chi connectivity index (χ0v) is 20.5. The molecule has 4 aromatic rings. The summed E-state index contributed by atoms with van der Waals surface area (Å²) in [5, 5.41) is 14.0. The second-order valence-electron chi connectivity index (χ2n) is 10.0. The maximum absolute atomic E-state index is 13.5. The van der Waals surface area contributed by atoms with E-state index in [9.17, 15) is 4.39 Å². The third kappa shape index (κ3) is 4.88. The predicted molar refractivity (Wildman–Crippen MR) is 137 cm³/mol. The topological polar surface area (TPSA) is 63.0 Å². The summed E-state index contributed by atoms with van der Waals surface area (Å²) < 4.78 is 15.3.